The van der Waals surface area contributed by atoms with Crippen molar-refractivity contribution >= 4 is 0 Å². The fourth-order valence-electron chi connectivity index (χ4n) is 4.23. The maximum atomic E-state index is 12.5. The maximum absolute atomic E-state index is 12.5. The minimum atomic E-state index is -0.700. The number of pyridine rings is 1. The molecule has 2 fully saturated rings. The van der Waals surface area contributed by atoms with Gasteiger partial charge in [-0.2, -0.15) is 0 Å². The lowest BCUT2D eigenvalue weighted by Gasteiger charge is -2.39. The highest BCUT2D eigenvalue weighted by molar-refractivity contribution is 5.57. The molecule has 0 spiro atoms. The third-order valence-electron chi connectivity index (χ3n) is 5.84. The van der Waals surface area contributed by atoms with Crippen LogP contribution < -0.4 is 5.56 Å². The van der Waals surface area contributed by atoms with Crippen LogP contribution in [0.5, 0.6) is 0 Å². The molecular weight excluding hydrogens is 356 g/mol. The fraction of sp³-hybridized carbons (Fsp3) is 0.571. The second kappa shape index (κ2) is 8.51. The van der Waals surface area contributed by atoms with Crippen molar-refractivity contribution in [3.8, 4) is 11.3 Å². The van der Waals surface area contributed by atoms with Gasteiger partial charge in [0.25, 0.3) is 5.56 Å². The zero-order valence-corrected chi connectivity index (χ0v) is 16.2. The number of hydrogen-bond donors (Lipinski definition) is 1. The third kappa shape index (κ3) is 4.66. The van der Waals surface area contributed by atoms with Crippen LogP contribution in [0.4, 0.5) is 0 Å². The lowest BCUT2D eigenvalue weighted by atomic mass is 9.92. The molecule has 28 heavy (non-hydrogen) atoms. The number of β-amino-alcohol motifs (C(OH)–C–C–N with tert-alkyl or cyclic N) is 1. The van der Waals surface area contributed by atoms with Gasteiger partial charge in [0.2, 0.25) is 0 Å². The highest BCUT2D eigenvalue weighted by Crippen LogP contribution is 2.24. The summed E-state index contributed by atoms with van der Waals surface area (Å²) in [7, 11) is 0. The topological polar surface area (TPSA) is 80.5 Å². The molecular formula is C21H28N4O3. The van der Waals surface area contributed by atoms with Crippen molar-refractivity contribution in [2.45, 2.75) is 37.8 Å². The zero-order chi connectivity index (χ0) is 19.4. The standard InChI is InChI=1S/C21H28N4O3/c26-20-12-19(18-2-7-22-8-3-18)23-16-25(20)13-17-4-9-24(10-5-17)14-21(27)6-1-11-28-15-21/h2-3,7-8,12,16-17,27H,1,4-6,9-11,13-15H2. The molecule has 0 radical (unpaired) electrons. The second-order valence-electron chi connectivity index (χ2n) is 8.10. The van der Waals surface area contributed by atoms with Crippen LogP contribution in [0.3, 0.4) is 0 Å². The predicted octanol–water partition coefficient (Wildman–Crippen LogP) is 1.56. The monoisotopic (exact) mass is 384 g/mol. The molecule has 1 unspecified atom stereocenters. The van der Waals surface area contributed by atoms with Crippen molar-refractivity contribution in [2.75, 3.05) is 32.8 Å². The van der Waals surface area contributed by atoms with Gasteiger partial charge in [-0.25, -0.2) is 4.98 Å². The van der Waals surface area contributed by atoms with E-state index >= 15 is 0 Å². The van der Waals surface area contributed by atoms with E-state index in [0.717, 1.165) is 50.9 Å². The van der Waals surface area contributed by atoms with Gasteiger partial charge in [0, 0.05) is 43.7 Å². The molecule has 1 atom stereocenters. The highest BCUT2D eigenvalue weighted by Gasteiger charge is 2.33. The molecule has 7 heteroatoms. The van der Waals surface area contributed by atoms with Crippen molar-refractivity contribution in [2.24, 2.45) is 5.92 Å². The van der Waals surface area contributed by atoms with Gasteiger partial charge in [-0.05, 0) is 56.8 Å². The zero-order valence-electron chi connectivity index (χ0n) is 16.2. The van der Waals surface area contributed by atoms with Crippen LogP contribution in [0, 0.1) is 5.92 Å². The van der Waals surface area contributed by atoms with Gasteiger partial charge >= 0.3 is 0 Å². The van der Waals surface area contributed by atoms with E-state index in [-0.39, 0.29) is 5.56 Å². The Labute approximate surface area is 165 Å². The van der Waals surface area contributed by atoms with Gasteiger partial charge in [0.05, 0.1) is 18.6 Å². The summed E-state index contributed by atoms with van der Waals surface area (Å²) in [6, 6.07) is 5.31. The average molecular weight is 384 g/mol. The largest absolute Gasteiger partial charge is 0.386 e. The van der Waals surface area contributed by atoms with Gasteiger partial charge in [-0.1, -0.05) is 0 Å². The van der Waals surface area contributed by atoms with Gasteiger partial charge in [-0.15, -0.1) is 0 Å². The van der Waals surface area contributed by atoms with Gasteiger partial charge in [-0.3, -0.25) is 14.3 Å². The molecule has 150 valence electrons. The molecule has 0 amide bonds. The van der Waals surface area contributed by atoms with E-state index in [4.69, 9.17) is 4.74 Å². The van der Waals surface area contributed by atoms with Crippen molar-refractivity contribution in [3.63, 3.8) is 0 Å². The molecule has 0 bridgehead atoms. The Morgan fingerprint density at radius 1 is 1.25 bits per heavy atom. The number of likely N-dealkylation sites (tertiary alicyclic amines) is 1. The number of nitrogens with zero attached hydrogens (tertiary/aromatic N) is 4. The van der Waals surface area contributed by atoms with E-state index < -0.39 is 5.60 Å². The SMILES string of the molecule is O=c1cc(-c2ccncc2)ncn1CC1CCN(CC2(O)CCCOC2)CC1. The molecule has 2 aromatic heterocycles. The molecule has 7 nitrogen and oxygen atoms in total. The summed E-state index contributed by atoms with van der Waals surface area (Å²) in [4.78, 5) is 23.3. The summed E-state index contributed by atoms with van der Waals surface area (Å²) in [5.41, 5.74) is 0.867. The Bertz CT molecular complexity index is 825. The first-order valence-electron chi connectivity index (χ1n) is 10.1. The summed E-state index contributed by atoms with van der Waals surface area (Å²) >= 11 is 0. The molecule has 4 rings (SSSR count). The van der Waals surface area contributed by atoms with Crippen LogP contribution in [-0.2, 0) is 11.3 Å². The number of hydrogen-bond acceptors (Lipinski definition) is 6. The van der Waals surface area contributed by atoms with Crippen molar-refractivity contribution in [3.05, 3.63) is 47.3 Å². The summed E-state index contributed by atoms with van der Waals surface area (Å²) in [5.74, 6) is 0.458. The normalized spacial score (nSPS) is 24.3. The predicted molar refractivity (Wildman–Crippen MR) is 106 cm³/mol. The minimum Gasteiger partial charge on any atom is -0.386 e. The summed E-state index contributed by atoms with van der Waals surface area (Å²) in [5, 5.41) is 10.7. The Hall–Kier alpha value is -2.09. The fourth-order valence-corrected chi connectivity index (χ4v) is 4.23. The molecule has 2 aromatic rings. The van der Waals surface area contributed by atoms with E-state index in [1.807, 2.05) is 12.1 Å². The lowest BCUT2D eigenvalue weighted by Crippen LogP contribution is -2.50. The van der Waals surface area contributed by atoms with E-state index in [2.05, 4.69) is 14.9 Å². The molecule has 1 N–H and O–H groups in total. The van der Waals surface area contributed by atoms with E-state index in [1.54, 1.807) is 29.4 Å². The van der Waals surface area contributed by atoms with Crippen molar-refractivity contribution < 1.29 is 9.84 Å². The van der Waals surface area contributed by atoms with Crippen molar-refractivity contribution in [1.82, 2.24) is 19.4 Å². The molecule has 2 aliphatic heterocycles. The minimum absolute atomic E-state index is 0.0158. The number of aliphatic hydroxyl groups is 1. The van der Waals surface area contributed by atoms with Crippen LogP contribution in [-0.4, -0.2) is 63.0 Å². The van der Waals surface area contributed by atoms with Crippen LogP contribution in [0.1, 0.15) is 25.7 Å². The van der Waals surface area contributed by atoms with Gasteiger partial charge < -0.3 is 14.7 Å². The molecule has 0 aliphatic carbocycles. The van der Waals surface area contributed by atoms with Crippen LogP contribution in [0.25, 0.3) is 11.3 Å². The Morgan fingerprint density at radius 2 is 2.04 bits per heavy atom. The van der Waals surface area contributed by atoms with Crippen molar-refractivity contribution in [1.29, 1.82) is 0 Å². The summed E-state index contributed by atoms with van der Waals surface area (Å²) in [6.45, 7) is 4.48. The average Bonchev–Trinajstić information content (AvgIpc) is 2.72. The van der Waals surface area contributed by atoms with Crippen LogP contribution >= 0.6 is 0 Å². The lowest BCUT2D eigenvalue weighted by molar-refractivity contribution is -0.103. The van der Waals surface area contributed by atoms with E-state index in [0.29, 0.717) is 31.3 Å². The number of rotatable bonds is 5. The molecule has 4 heterocycles. The third-order valence-corrected chi connectivity index (χ3v) is 5.84. The Balaban J connectivity index is 1.32. The smallest absolute Gasteiger partial charge is 0.253 e. The van der Waals surface area contributed by atoms with E-state index in [9.17, 15) is 9.90 Å². The van der Waals surface area contributed by atoms with Crippen LogP contribution in [0.15, 0.2) is 41.7 Å². The first-order valence-corrected chi connectivity index (χ1v) is 10.1. The highest BCUT2D eigenvalue weighted by atomic mass is 16.5. The molecule has 0 aromatic carbocycles. The van der Waals surface area contributed by atoms with Gasteiger partial charge in [0.1, 0.15) is 5.60 Å². The molecule has 2 saturated heterocycles. The van der Waals surface area contributed by atoms with Crippen LogP contribution in [0.2, 0.25) is 0 Å². The maximum Gasteiger partial charge on any atom is 0.253 e. The summed E-state index contributed by atoms with van der Waals surface area (Å²) in [6.07, 6.45) is 8.85. The molecule has 2 aliphatic rings. The quantitative estimate of drug-likeness (QED) is 0.843. The Morgan fingerprint density at radius 3 is 2.71 bits per heavy atom. The van der Waals surface area contributed by atoms with Gasteiger partial charge in [0.15, 0.2) is 0 Å². The number of ether oxygens (including phenoxy) is 1. The number of aromatic nitrogens is 3. The molecule has 0 saturated carbocycles. The number of piperidine rings is 1. The Kier molecular flexibility index (Phi) is 5.85. The second-order valence-corrected chi connectivity index (χ2v) is 8.10. The first kappa shape index (κ1) is 19.2. The summed E-state index contributed by atoms with van der Waals surface area (Å²) < 4.78 is 7.17. The first-order chi connectivity index (χ1) is 13.6. The van der Waals surface area contributed by atoms with E-state index in [1.165, 1.54) is 0 Å².